The second kappa shape index (κ2) is 6.52. The molecular weight excluding hydrogens is 256 g/mol. The number of benzene rings is 2. The number of methoxy groups -OCH3 is 1. The Morgan fingerprint density at radius 2 is 1.80 bits per heavy atom. The molecule has 0 unspecified atom stereocenters. The van der Waals surface area contributed by atoms with Crippen molar-refractivity contribution in [1.29, 1.82) is 0 Å². The van der Waals surface area contributed by atoms with Crippen LogP contribution in [0.4, 0.5) is 0 Å². The van der Waals surface area contributed by atoms with Gasteiger partial charge in [0.2, 0.25) is 0 Å². The van der Waals surface area contributed by atoms with Crippen LogP contribution in [0.15, 0.2) is 48.5 Å². The van der Waals surface area contributed by atoms with E-state index < -0.39 is 0 Å². The Morgan fingerprint density at radius 3 is 2.45 bits per heavy atom. The first kappa shape index (κ1) is 13.8. The third-order valence-corrected chi connectivity index (χ3v) is 2.83. The molecule has 0 saturated heterocycles. The highest BCUT2D eigenvalue weighted by Gasteiger charge is 2.11. The summed E-state index contributed by atoms with van der Waals surface area (Å²) in [6.07, 6.45) is 0.774. The van der Waals surface area contributed by atoms with Crippen LogP contribution in [0.1, 0.15) is 26.3 Å². The standard InChI is InChI=1S/C16H14O4/c1-19-16(18)15-5-3-2-4-13(15)11-20-14-8-6-12(10-17)7-9-14/h2-10H,11H2,1H3. The lowest BCUT2D eigenvalue weighted by molar-refractivity contribution is 0.0597. The van der Waals surface area contributed by atoms with Gasteiger partial charge < -0.3 is 9.47 Å². The lowest BCUT2D eigenvalue weighted by Gasteiger charge is -2.09. The van der Waals surface area contributed by atoms with Crippen LogP contribution in [0.3, 0.4) is 0 Å². The van der Waals surface area contributed by atoms with E-state index >= 15 is 0 Å². The molecule has 4 nitrogen and oxygen atoms in total. The number of hydrogen-bond donors (Lipinski definition) is 0. The molecule has 0 N–H and O–H groups in total. The maximum Gasteiger partial charge on any atom is 0.338 e. The van der Waals surface area contributed by atoms with E-state index in [-0.39, 0.29) is 12.6 Å². The molecule has 2 aromatic rings. The van der Waals surface area contributed by atoms with Crippen molar-refractivity contribution >= 4 is 12.3 Å². The van der Waals surface area contributed by atoms with E-state index in [9.17, 15) is 9.59 Å². The predicted molar refractivity (Wildman–Crippen MR) is 73.9 cm³/mol. The van der Waals surface area contributed by atoms with Crippen LogP contribution in [0.25, 0.3) is 0 Å². The summed E-state index contributed by atoms with van der Waals surface area (Å²) in [6, 6.07) is 13.9. The Morgan fingerprint density at radius 1 is 1.10 bits per heavy atom. The van der Waals surface area contributed by atoms with Gasteiger partial charge in [-0.3, -0.25) is 4.79 Å². The Balaban J connectivity index is 2.10. The van der Waals surface area contributed by atoms with E-state index in [0.717, 1.165) is 11.8 Å². The second-order valence-electron chi connectivity index (χ2n) is 4.12. The Hall–Kier alpha value is -2.62. The van der Waals surface area contributed by atoms with Crippen molar-refractivity contribution in [2.45, 2.75) is 6.61 Å². The first-order chi connectivity index (χ1) is 9.74. The minimum atomic E-state index is -0.388. The largest absolute Gasteiger partial charge is 0.489 e. The first-order valence-corrected chi connectivity index (χ1v) is 6.09. The van der Waals surface area contributed by atoms with Gasteiger partial charge in [-0.2, -0.15) is 0 Å². The van der Waals surface area contributed by atoms with Crippen molar-refractivity contribution in [3.8, 4) is 5.75 Å². The number of ether oxygens (including phenoxy) is 2. The Bertz CT molecular complexity index is 602. The SMILES string of the molecule is COC(=O)c1ccccc1COc1ccc(C=O)cc1. The number of rotatable bonds is 5. The zero-order valence-corrected chi connectivity index (χ0v) is 11.0. The molecule has 2 aromatic carbocycles. The third kappa shape index (κ3) is 3.23. The van der Waals surface area contributed by atoms with Gasteiger partial charge in [-0.15, -0.1) is 0 Å². The van der Waals surface area contributed by atoms with E-state index in [1.54, 1.807) is 36.4 Å². The molecule has 0 aliphatic heterocycles. The monoisotopic (exact) mass is 270 g/mol. The summed E-state index contributed by atoms with van der Waals surface area (Å²) in [7, 11) is 1.35. The molecule has 2 rings (SSSR count). The molecule has 0 radical (unpaired) electrons. The first-order valence-electron chi connectivity index (χ1n) is 6.09. The zero-order valence-electron chi connectivity index (χ0n) is 11.0. The molecule has 0 atom stereocenters. The number of aldehydes is 1. The fourth-order valence-corrected chi connectivity index (χ4v) is 1.76. The fraction of sp³-hybridized carbons (Fsp3) is 0.125. The highest BCUT2D eigenvalue weighted by molar-refractivity contribution is 5.90. The quantitative estimate of drug-likeness (QED) is 0.619. The maximum atomic E-state index is 11.6. The van der Waals surface area contributed by atoms with Crippen LogP contribution in [0, 0.1) is 0 Å². The van der Waals surface area contributed by atoms with E-state index in [4.69, 9.17) is 9.47 Å². The van der Waals surface area contributed by atoms with E-state index in [1.807, 2.05) is 12.1 Å². The van der Waals surface area contributed by atoms with Gasteiger partial charge in [0.05, 0.1) is 12.7 Å². The third-order valence-electron chi connectivity index (χ3n) is 2.83. The minimum Gasteiger partial charge on any atom is -0.489 e. The number of hydrogen-bond acceptors (Lipinski definition) is 4. The van der Waals surface area contributed by atoms with Crippen molar-refractivity contribution < 1.29 is 19.1 Å². The smallest absolute Gasteiger partial charge is 0.338 e. The normalized spacial score (nSPS) is 9.85. The van der Waals surface area contributed by atoms with Gasteiger partial charge in [-0.05, 0) is 30.3 Å². The van der Waals surface area contributed by atoms with Crippen LogP contribution in [0.2, 0.25) is 0 Å². The average molecular weight is 270 g/mol. The van der Waals surface area contributed by atoms with Gasteiger partial charge in [-0.1, -0.05) is 18.2 Å². The predicted octanol–water partition coefficient (Wildman–Crippen LogP) is 2.86. The lowest BCUT2D eigenvalue weighted by Crippen LogP contribution is -2.07. The van der Waals surface area contributed by atoms with E-state index in [1.165, 1.54) is 7.11 Å². The molecule has 0 amide bonds. The molecule has 20 heavy (non-hydrogen) atoms. The van der Waals surface area contributed by atoms with E-state index in [0.29, 0.717) is 16.9 Å². The van der Waals surface area contributed by atoms with Crippen molar-refractivity contribution in [1.82, 2.24) is 0 Å². The molecule has 0 aliphatic rings. The molecule has 4 heteroatoms. The molecular formula is C16H14O4. The Kier molecular flexibility index (Phi) is 4.50. The summed E-state index contributed by atoms with van der Waals surface area (Å²) in [5.41, 5.74) is 1.82. The molecule has 0 spiro atoms. The summed E-state index contributed by atoms with van der Waals surface area (Å²) in [5, 5.41) is 0. The molecule has 0 fully saturated rings. The van der Waals surface area contributed by atoms with Crippen molar-refractivity contribution in [3.05, 3.63) is 65.2 Å². The number of carbonyl (C=O) groups is 2. The van der Waals surface area contributed by atoms with Gasteiger partial charge in [0.15, 0.2) is 0 Å². The number of carbonyl (C=O) groups excluding carboxylic acids is 2. The van der Waals surface area contributed by atoms with Gasteiger partial charge in [-0.25, -0.2) is 4.79 Å². The summed E-state index contributed by atoms with van der Waals surface area (Å²) in [6.45, 7) is 0.256. The van der Waals surface area contributed by atoms with Gasteiger partial charge in [0, 0.05) is 11.1 Å². The highest BCUT2D eigenvalue weighted by Crippen LogP contribution is 2.16. The van der Waals surface area contributed by atoms with E-state index in [2.05, 4.69) is 0 Å². The summed E-state index contributed by atoms with van der Waals surface area (Å²) >= 11 is 0. The summed E-state index contributed by atoms with van der Waals surface area (Å²) in [5.74, 6) is 0.246. The van der Waals surface area contributed by atoms with Gasteiger partial charge >= 0.3 is 5.97 Å². The van der Waals surface area contributed by atoms with Gasteiger partial charge in [0.25, 0.3) is 0 Å². The maximum absolute atomic E-state index is 11.6. The summed E-state index contributed by atoms with van der Waals surface area (Å²) in [4.78, 5) is 22.2. The minimum absolute atomic E-state index is 0.256. The second-order valence-corrected chi connectivity index (χ2v) is 4.12. The topological polar surface area (TPSA) is 52.6 Å². The van der Waals surface area contributed by atoms with Crippen LogP contribution >= 0.6 is 0 Å². The Labute approximate surface area is 116 Å². The van der Waals surface area contributed by atoms with Crippen molar-refractivity contribution in [3.63, 3.8) is 0 Å². The van der Waals surface area contributed by atoms with Crippen molar-refractivity contribution in [2.24, 2.45) is 0 Å². The van der Waals surface area contributed by atoms with Crippen molar-refractivity contribution in [2.75, 3.05) is 7.11 Å². The molecule has 102 valence electrons. The lowest BCUT2D eigenvalue weighted by atomic mass is 10.1. The molecule has 0 aromatic heterocycles. The average Bonchev–Trinajstić information content (AvgIpc) is 2.53. The van der Waals surface area contributed by atoms with Crippen LogP contribution in [-0.4, -0.2) is 19.4 Å². The molecule has 0 heterocycles. The van der Waals surface area contributed by atoms with Crippen LogP contribution < -0.4 is 4.74 Å². The zero-order chi connectivity index (χ0) is 14.4. The van der Waals surface area contributed by atoms with Crippen LogP contribution in [0.5, 0.6) is 5.75 Å². The highest BCUT2D eigenvalue weighted by atomic mass is 16.5. The fourth-order valence-electron chi connectivity index (χ4n) is 1.76. The number of esters is 1. The van der Waals surface area contributed by atoms with Crippen LogP contribution in [-0.2, 0) is 11.3 Å². The molecule has 0 saturated carbocycles. The molecule has 0 aliphatic carbocycles. The molecule has 0 bridgehead atoms. The van der Waals surface area contributed by atoms with Gasteiger partial charge in [0.1, 0.15) is 18.6 Å². The summed E-state index contributed by atoms with van der Waals surface area (Å²) < 4.78 is 10.3.